The Bertz CT molecular complexity index is 746. The number of carbonyl (C=O) groups is 1. The van der Waals surface area contributed by atoms with E-state index >= 15 is 0 Å². The minimum absolute atomic E-state index is 0.0108. The van der Waals surface area contributed by atoms with Crippen molar-refractivity contribution >= 4 is 16.8 Å². The van der Waals surface area contributed by atoms with Crippen molar-refractivity contribution in [2.24, 2.45) is 0 Å². The van der Waals surface area contributed by atoms with Crippen LogP contribution in [0.5, 0.6) is 0 Å². The highest BCUT2D eigenvalue weighted by Gasteiger charge is 2.26. The fourth-order valence-electron chi connectivity index (χ4n) is 2.90. The predicted octanol–water partition coefficient (Wildman–Crippen LogP) is 1.03. The molecular weight excluding hydrogens is 282 g/mol. The highest BCUT2D eigenvalue weighted by molar-refractivity contribution is 5.81. The van der Waals surface area contributed by atoms with Crippen LogP contribution in [0.4, 0.5) is 0 Å². The van der Waals surface area contributed by atoms with E-state index < -0.39 is 0 Å². The van der Waals surface area contributed by atoms with E-state index in [1.165, 1.54) is 6.20 Å². The Hall–Kier alpha value is -2.21. The van der Waals surface area contributed by atoms with Crippen LogP contribution in [-0.2, 0) is 16.1 Å². The van der Waals surface area contributed by atoms with E-state index in [4.69, 9.17) is 4.74 Å². The second-order valence-corrected chi connectivity index (χ2v) is 5.74. The van der Waals surface area contributed by atoms with Gasteiger partial charge in [-0.15, -0.1) is 0 Å². The molecule has 0 unspecified atom stereocenters. The van der Waals surface area contributed by atoms with Gasteiger partial charge >= 0.3 is 0 Å². The number of para-hydroxylation sites is 1. The SMILES string of the molecule is C[C@H]1CN(C(=O)Cn2ncc(=O)c3ccccc32)C[C@H](C)O1. The van der Waals surface area contributed by atoms with Crippen molar-refractivity contribution in [2.75, 3.05) is 13.1 Å². The molecule has 2 aromatic rings. The van der Waals surface area contributed by atoms with Crippen LogP contribution in [-0.4, -0.2) is 45.9 Å². The van der Waals surface area contributed by atoms with E-state index in [1.807, 2.05) is 26.0 Å². The molecule has 0 spiro atoms. The van der Waals surface area contributed by atoms with Gasteiger partial charge in [-0.2, -0.15) is 5.10 Å². The molecule has 22 heavy (non-hydrogen) atoms. The van der Waals surface area contributed by atoms with Crippen LogP contribution in [0.3, 0.4) is 0 Å². The second kappa shape index (κ2) is 5.88. The molecular formula is C16H19N3O3. The third-order valence-electron chi connectivity index (χ3n) is 3.82. The molecule has 0 N–H and O–H groups in total. The number of benzene rings is 1. The number of ether oxygens (including phenoxy) is 1. The van der Waals surface area contributed by atoms with Gasteiger partial charge in [-0.05, 0) is 26.0 Å². The number of fused-ring (bicyclic) bond motifs is 1. The molecule has 0 saturated carbocycles. The Morgan fingerprint density at radius 2 is 1.95 bits per heavy atom. The average Bonchev–Trinajstić information content (AvgIpc) is 2.49. The predicted molar refractivity (Wildman–Crippen MR) is 82.6 cm³/mol. The first-order chi connectivity index (χ1) is 10.5. The van der Waals surface area contributed by atoms with Gasteiger partial charge in [0.15, 0.2) is 0 Å². The Kier molecular flexibility index (Phi) is 3.94. The lowest BCUT2D eigenvalue weighted by Gasteiger charge is -2.35. The average molecular weight is 301 g/mol. The monoisotopic (exact) mass is 301 g/mol. The minimum Gasteiger partial charge on any atom is -0.372 e. The number of nitrogens with zero attached hydrogens (tertiary/aromatic N) is 3. The molecule has 6 nitrogen and oxygen atoms in total. The second-order valence-electron chi connectivity index (χ2n) is 5.74. The normalized spacial score (nSPS) is 22.0. The first kappa shape index (κ1) is 14.7. The maximum absolute atomic E-state index is 12.5. The molecule has 0 radical (unpaired) electrons. The van der Waals surface area contributed by atoms with E-state index in [2.05, 4.69) is 5.10 Å². The summed E-state index contributed by atoms with van der Waals surface area (Å²) in [5.41, 5.74) is 0.547. The quantitative estimate of drug-likeness (QED) is 0.831. The van der Waals surface area contributed by atoms with Crippen LogP contribution in [0.15, 0.2) is 35.3 Å². The highest BCUT2D eigenvalue weighted by Crippen LogP contribution is 2.13. The number of hydrogen-bond acceptors (Lipinski definition) is 4. The Balaban J connectivity index is 1.86. The third-order valence-corrected chi connectivity index (χ3v) is 3.82. The van der Waals surface area contributed by atoms with Crippen molar-refractivity contribution in [3.63, 3.8) is 0 Å². The van der Waals surface area contributed by atoms with Gasteiger partial charge in [0.05, 0.1) is 23.9 Å². The molecule has 6 heteroatoms. The van der Waals surface area contributed by atoms with Gasteiger partial charge < -0.3 is 9.64 Å². The Morgan fingerprint density at radius 3 is 2.68 bits per heavy atom. The van der Waals surface area contributed by atoms with Crippen molar-refractivity contribution in [2.45, 2.75) is 32.6 Å². The number of morpholine rings is 1. The highest BCUT2D eigenvalue weighted by atomic mass is 16.5. The number of aromatic nitrogens is 2. The molecule has 2 heterocycles. The van der Waals surface area contributed by atoms with Gasteiger partial charge in [-0.1, -0.05) is 12.1 Å². The lowest BCUT2D eigenvalue weighted by molar-refractivity contribution is -0.143. The van der Waals surface area contributed by atoms with Gasteiger partial charge in [0.25, 0.3) is 0 Å². The molecule has 1 saturated heterocycles. The number of hydrogen-bond donors (Lipinski definition) is 0. The molecule has 116 valence electrons. The van der Waals surface area contributed by atoms with Crippen molar-refractivity contribution in [3.8, 4) is 0 Å². The molecule has 0 aliphatic carbocycles. The largest absolute Gasteiger partial charge is 0.372 e. The minimum atomic E-state index is -0.132. The maximum atomic E-state index is 12.5. The first-order valence-corrected chi connectivity index (χ1v) is 7.42. The summed E-state index contributed by atoms with van der Waals surface area (Å²) in [5.74, 6) is -0.0108. The summed E-state index contributed by atoms with van der Waals surface area (Å²) in [6.07, 6.45) is 1.33. The van der Waals surface area contributed by atoms with E-state index in [1.54, 1.807) is 21.7 Å². The van der Waals surface area contributed by atoms with Crippen molar-refractivity contribution < 1.29 is 9.53 Å². The standard InChI is InChI=1S/C16H19N3O3/c1-11-8-18(9-12(2)22-11)16(21)10-19-14-6-4-3-5-13(14)15(20)7-17-19/h3-7,11-12H,8-10H2,1-2H3/t11-,12-/m0/s1. The van der Waals surface area contributed by atoms with Crippen LogP contribution in [0.25, 0.3) is 10.9 Å². The maximum Gasteiger partial charge on any atom is 0.244 e. The summed E-state index contributed by atoms with van der Waals surface area (Å²) in [5, 5.41) is 4.68. The number of amides is 1. The molecule has 1 amide bonds. The molecule has 1 aromatic heterocycles. The van der Waals surface area contributed by atoms with Gasteiger partial charge in [-0.3, -0.25) is 14.3 Å². The molecule has 1 fully saturated rings. The Morgan fingerprint density at radius 1 is 1.27 bits per heavy atom. The van der Waals surface area contributed by atoms with Crippen LogP contribution in [0, 0.1) is 0 Å². The molecule has 1 aliphatic heterocycles. The Labute approximate surface area is 128 Å². The van der Waals surface area contributed by atoms with E-state index in [-0.39, 0.29) is 30.1 Å². The summed E-state index contributed by atoms with van der Waals surface area (Å²) in [7, 11) is 0. The van der Waals surface area contributed by atoms with Crippen LogP contribution in [0.1, 0.15) is 13.8 Å². The van der Waals surface area contributed by atoms with Gasteiger partial charge in [0, 0.05) is 18.5 Å². The molecule has 2 atom stereocenters. The summed E-state index contributed by atoms with van der Waals surface area (Å²) in [6, 6.07) is 7.20. The molecule has 0 bridgehead atoms. The van der Waals surface area contributed by atoms with E-state index in [0.29, 0.717) is 24.0 Å². The summed E-state index contributed by atoms with van der Waals surface area (Å²) in [6.45, 7) is 5.22. The fourth-order valence-corrected chi connectivity index (χ4v) is 2.90. The van der Waals surface area contributed by atoms with E-state index in [0.717, 1.165) is 0 Å². The van der Waals surface area contributed by atoms with Gasteiger partial charge in [0.2, 0.25) is 11.3 Å². The third kappa shape index (κ3) is 2.87. The van der Waals surface area contributed by atoms with E-state index in [9.17, 15) is 9.59 Å². The summed E-state index contributed by atoms with van der Waals surface area (Å²) >= 11 is 0. The van der Waals surface area contributed by atoms with Crippen LogP contribution in [0.2, 0.25) is 0 Å². The van der Waals surface area contributed by atoms with Crippen LogP contribution >= 0.6 is 0 Å². The lowest BCUT2D eigenvalue weighted by atomic mass is 10.2. The summed E-state index contributed by atoms with van der Waals surface area (Å²) in [4.78, 5) is 26.1. The zero-order valence-electron chi connectivity index (χ0n) is 12.7. The topological polar surface area (TPSA) is 64.4 Å². The fraction of sp³-hybridized carbons (Fsp3) is 0.438. The number of carbonyl (C=O) groups excluding carboxylic acids is 1. The molecule has 1 aromatic carbocycles. The molecule has 3 rings (SSSR count). The number of rotatable bonds is 2. The first-order valence-electron chi connectivity index (χ1n) is 7.42. The van der Waals surface area contributed by atoms with Gasteiger partial charge in [0.1, 0.15) is 6.54 Å². The smallest absolute Gasteiger partial charge is 0.244 e. The lowest BCUT2D eigenvalue weighted by Crippen LogP contribution is -2.49. The van der Waals surface area contributed by atoms with Crippen molar-refractivity contribution in [1.82, 2.24) is 14.7 Å². The van der Waals surface area contributed by atoms with Crippen molar-refractivity contribution in [3.05, 3.63) is 40.7 Å². The van der Waals surface area contributed by atoms with Crippen molar-refractivity contribution in [1.29, 1.82) is 0 Å². The summed E-state index contributed by atoms with van der Waals surface area (Å²) < 4.78 is 7.23. The van der Waals surface area contributed by atoms with Crippen LogP contribution < -0.4 is 5.43 Å². The zero-order chi connectivity index (χ0) is 15.7. The zero-order valence-corrected chi connectivity index (χ0v) is 12.7. The molecule has 1 aliphatic rings. The van der Waals surface area contributed by atoms with Gasteiger partial charge in [-0.25, -0.2) is 0 Å².